The second-order valence-electron chi connectivity index (χ2n) is 10.1. The van der Waals surface area contributed by atoms with Crippen LogP contribution < -0.4 is 5.32 Å². The summed E-state index contributed by atoms with van der Waals surface area (Å²) in [6, 6.07) is 22.2. The molecule has 0 saturated carbocycles. The standard InChI is InChI=1S/C29H32Cl3NO2/c1-28(2,3)22-7-4-20(5-8-22)19-35-29(23-9-11-24(30)12-10-23)14-15-33-17-27(29)34-18-21-6-13-25(31)26(32)16-21/h4-13,16,27,33H,14-15,17-19H2,1-3H3/t27?,29-/m0/s1. The van der Waals surface area contributed by atoms with E-state index in [9.17, 15) is 0 Å². The van der Waals surface area contributed by atoms with Crippen molar-refractivity contribution in [3.63, 3.8) is 0 Å². The van der Waals surface area contributed by atoms with Gasteiger partial charge in [0.1, 0.15) is 11.7 Å². The van der Waals surface area contributed by atoms with Gasteiger partial charge < -0.3 is 14.8 Å². The van der Waals surface area contributed by atoms with E-state index in [1.807, 2.05) is 36.4 Å². The van der Waals surface area contributed by atoms with E-state index in [1.165, 1.54) is 5.56 Å². The molecule has 3 aromatic carbocycles. The van der Waals surface area contributed by atoms with Crippen molar-refractivity contribution in [3.8, 4) is 0 Å². The van der Waals surface area contributed by atoms with Crippen molar-refractivity contribution in [1.82, 2.24) is 5.32 Å². The fourth-order valence-corrected chi connectivity index (χ4v) is 4.92. The largest absolute Gasteiger partial charge is 0.369 e. The molecule has 0 bridgehead atoms. The van der Waals surface area contributed by atoms with Crippen molar-refractivity contribution in [2.45, 2.75) is 57.5 Å². The first-order valence-electron chi connectivity index (χ1n) is 11.9. The molecule has 0 aliphatic carbocycles. The van der Waals surface area contributed by atoms with Crippen molar-refractivity contribution >= 4 is 34.8 Å². The van der Waals surface area contributed by atoms with Crippen LogP contribution in [0, 0.1) is 0 Å². The van der Waals surface area contributed by atoms with Crippen molar-refractivity contribution in [1.29, 1.82) is 0 Å². The molecule has 6 heteroatoms. The summed E-state index contributed by atoms with van der Waals surface area (Å²) in [6.07, 6.45) is 0.571. The van der Waals surface area contributed by atoms with Crippen LogP contribution in [0.15, 0.2) is 66.7 Å². The smallest absolute Gasteiger partial charge is 0.122 e. The van der Waals surface area contributed by atoms with Crippen LogP contribution in [0.3, 0.4) is 0 Å². The summed E-state index contributed by atoms with van der Waals surface area (Å²) in [5.74, 6) is 0. The zero-order valence-electron chi connectivity index (χ0n) is 20.4. The Bertz CT molecular complexity index is 1130. The number of ether oxygens (including phenoxy) is 2. The summed E-state index contributed by atoms with van der Waals surface area (Å²) in [7, 11) is 0. The Kier molecular flexibility index (Phi) is 8.48. The fraction of sp³-hybridized carbons (Fsp3) is 0.379. The Morgan fingerprint density at radius 1 is 0.857 bits per heavy atom. The predicted molar refractivity (Wildman–Crippen MR) is 146 cm³/mol. The molecule has 3 nitrogen and oxygen atoms in total. The molecule has 1 heterocycles. The maximum absolute atomic E-state index is 6.80. The number of hydrogen-bond acceptors (Lipinski definition) is 3. The summed E-state index contributed by atoms with van der Waals surface area (Å²) in [5.41, 5.74) is 3.96. The van der Waals surface area contributed by atoms with Gasteiger partial charge >= 0.3 is 0 Å². The highest BCUT2D eigenvalue weighted by molar-refractivity contribution is 6.42. The number of hydrogen-bond donors (Lipinski definition) is 1. The molecule has 3 aromatic rings. The van der Waals surface area contributed by atoms with Gasteiger partial charge in [-0.3, -0.25) is 0 Å². The van der Waals surface area contributed by atoms with Crippen molar-refractivity contribution in [3.05, 3.63) is 104 Å². The summed E-state index contributed by atoms with van der Waals surface area (Å²) < 4.78 is 13.3. The van der Waals surface area contributed by atoms with Crippen molar-refractivity contribution in [2.75, 3.05) is 13.1 Å². The minimum absolute atomic E-state index is 0.114. The van der Waals surface area contributed by atoms with E-state index in [1.54, 1.807) is 6.07 Å². The topological polar surface area (TPSA) is 30.5 Å². The lowest BCUT2D eigenvalue weighted by Crippen LogP contribution is -2.54. The maximum atomic E-state index is 6.80. The molecule has 1 fully saturated rings. The quantitative estimate of drug-likeness (QED) is 0.335. The molecule has 35 heavy (non-hydrogen) atoms. The van der Waals surface area contributed by atoms with Gasteiger partial charge in [0.25, 0.3) is 0 Å². The van der Waals surface area contributed by atoms with Crippen LogP contribution in [-0.2, 0) is 33.7 Å². The van der Waals surface area contributed by atoms with Crippen LogP contribution in [0.4, 0.5) is 0 Å². The summed E-state index contributed by atoms with van der Waals surface area (Å²) >= 11 is 18.5. The number of halogens is 3. The molecule has 186 valence electrons. The Morgan fingerprint density at radius 2 is 1.54 bits per heavy atom. The molecule has 1 N–H and O–H groups in total. The minimum Gasteiger partial charge on any atom is -0.369 e. The summed E-state index contributed by atoms with van der Waals surface area (Å²) in [6.45, 7) is 9.06. The Morgan fingerprint density at radius 3 is 2.20 bits per heavy atom. The van der Waals surface area contributed by atoms with Gasteiger partial charge in [-0.25, -0.2) is 0 Å². The summed E-state index contributed by atoms with van der Waals surface area (Å²) in [4.78, 5) is 0. The minimum atomic E-state index is -0.616. The molecule has 0 radical (unpaired) electrons. The lowest BCUT2D eigenvalue weighted by atomic mass is 9.82. The third-order valence-electron chi connectivity index (χ3n) is 6.61. The molecule has 1 aliphatic heterocycles. The molecule has 1 aliphatic rings. The third-order valence-corrected chi connectivity index (χ3v) is 7.60. The van der Waals surface area contributed by atoms with Gasteiger partial charge in [0.05, 0.1) is 23.3 Å². The molecular formula is C29H32Cl3NO2. The van der Waals surface area contributed by atoms with E-state index in [4.69, 9.17) is 44.3 Å². The summed E-state index contributed by atoms with van der Waals surface area (Å²) in [5, 5.41) is 5.22. The van der Waals surface area contributed by atoms with E-state index in [0.717, 1.165) is 29.7 Å². The highest BCUT2D eigenvalue weighted by Gasteiger charge is 2.44. The number of rotatable bonds is 7. The van der Waals surface area contributed by atoms with Gasteiger partial charge in [0.15, 0.2) is 0 Å². The van der Waals surface area contributed by atoms with Gasteiger partial charge in [-0.1, -0.05) is 98.0 Å². The zero-order valence-corrected chi connectivity index (χ0v) is 22.7. The van der Waals surface area contributed by atoms with Gasteiger partial charge in [-0.05, 0) is 64.9 Å². The second kappa shape index (κ2) is 11.2. The van der Waals surface area contributed by atoms with Gasteiger partial charge in [-0.2, -0.15) is 0 Å². The highest BCUT2D eigenvalue weighted by atomic mass is 35.5. The lowest BCUT2D eigenvalue weighted by molar-refractivity contribution is -0.176. The normalized spacial score (nSPS) is 20.7. The SMILES string of the molecule is CC(C)(C)c1ccc(CO[C@]2(c3ccc(Cl)cc3)CCNCC2OCc2ccc(Cl)c(Cl)c2)cc1. The van der Waals surface area contributed by atoms with Crippen LogP contribution in [0.1, 0.15) is 49.4 Å². The molecule has 4 rings (SSSR count). The van der Waals surface area contributed by atoms with Gasteiger partial charge in [0.2, 0.25) is 0 Å². The molecular weight excluding hydrogens is 501 g/mol. The fourth-order valence-electron chi connectivity index (χ4n) is 4.48. The number of piperidine rings is 1. The lowest BCUT2D eigenvalue weighted by Gasteiger charge is -2.44. The van der Waals surface area contributed by atoms with Crippen LogP contribution in [0.5, 0.6) is 0 Å². The van der Waals surface area contributed by atoms with E-state index < -0.39 is 5.60 Å². The Labute approximate surface area is 223 Å². The maximum Gasteiger partial charge on any atom is 0.122 e. The molecule has 2 atom stereocenters. The van der Waals surface area contributed by atoms with Gasteiger partial charge in [0, 0.05) is 11.6 Å². The van der Waals surface area contributed by atoms with E-state index in [-0.39, 0.29) is 11.5 Å². The van der Waals surface area contributed by atoms with Crippen molar-refractivity contribution < 1.29 is 9.47 Å². The van der Waals surface area contributed by atoms with E-state index in [2.05, 4.69) is 50.4 Å². The molecule has 1 saturated heterocycles. The first kappa shape index (κ1) is 26.5. The van der Waals surface area contributed by atoms with Gasteiger partial charge in [-0.15, -0.1) is 0 Å². The molecule has 1 unspecified atom stereocenters. The van der Waals surface area contributed by atoms with E-state index in [0.29, 0.717) is 34.8 Å². The second-order valence-corrected chi connectivity index (χ2v) is 11.4. The Hall–Kier alpha value is -1.59. The molecule has 0 aromatic heterocycles. The number of nitrogens with one attached hydrogen (secondary N) is 1. The Balaban J connectivity index is 1.59. The average Bonchev–Trinajstić information content (AvgIpc) is 2.84. The van der Waals surface area contributed by atoms with Crippen LogP contribution in [-0.4, -0.2) is 19.2 Å². The average molecular weight is 533 g/mol. The molecule has 0 amide bonds. The predicted octanol–water partition coefficient (Wildman–Crippen LogP) is 7.94. The first-order valence-corrected chi connectivity index (χ1v) is 13.1. The zero-order chi connectivity index (χ0) is 25.1. The first-order chi connectivity index (χ1) is 16.7. The van der Waals surface area contributed by atoms with Crippen molar-refractivity contribution in [2.24, 2.45) is 0 Å². The third kappa shape index (κ3) is 6.40. The van der Waals surface area contributed by atoms with Crippen LogP contribution >= 0.6 is 34.8 Å². The highest BCUT2D eigenvalue weighted by Crippen LogP contribution is 2.39. The monoisotopic (exact) mass is 531 g/mol. The number of benzene rings is 3. The van der Waals surface area contributed by atoms with E-state index >= 15 is 0 Å². The van der Waals surface area contributed by atoms with Crippen LogP contribution in [0.2, 0.25) is 15.1 Å². The van der Waals surface area contributed by atoms with Crippen LogP contribution in [0.25, 0.3) is 0 Å². The molecule has 0 spiro atoms.